The number of para-hydroxylation sites is 1. The minimum absolute atomic E-state index is 0.0608. The zero-order chi connectivity index (χ0) is 45.1. The number of fused-ring (bicyclic) bond motifs is 2. The molecule has 0 atom stereocenters. The van der Waals surface area contributed by atoms with Crippen LogP contribution in [0.3, 0.4) is 0 Å². The number of imide groups is 1. The Morgan fingerprint density at radius 3 is 2.29 bits per heavy atom. The maximum absolute atomic E-state index is 13.6. The van der Waals surface area contributed by atoms with E-state index in [1.165, 1.54) is 24.6 Å². The molecule has 65 heavy (non-hydrogen) atoms. The molecule has 1 fully saturated rings. The van der Waals surface area contributed by atoms with Crippen LogP contribution in [0, 0.1) is 5.92 Å². The van der Waals surface area contributed by atoms with Crippen molar-refractivity contribution in [3.05, 3.63) is 119 Å². The third-order valence-electron chi connectivity index (χ3n) is 11.8. The van der Waals surface area contributed by atoms with Crippen molar-refractivity contribution >= 4 is 61.6 Å². The van der Waals surface area contributed by atoms with Crippen molar-refractivity contribution in [2.24, 2.45) is 5.92 Å². The van der Waals surface area contributed by atoms with Gasteiger partial charge in [-0.05, 0) is 105 Å². The highest BCUT2D eigenvalue weighted by Crippen LogP contribution is 2.42. The molecule has 1 aliphatic carbocycles. The molecule has 3 heterocycles. The van der Waals surface area contributed by atoms with Crippen LogP contribution in [0.1, 0.15) is 69.0 Å². The van der Waals surface area contributed by atoms with Crippen molar-refractivity contribution < 1.29 is 33.6 Å². The van der Waals surface area contributed by atoms with Crippen molar-refractivity contribution in [2.45, 2.75) is 57.9 Å². The minimum atomic E-state index is -0.431. The summed E-state index contributed by atoms with van der Waals surface area (Å²) in [6.07, 6.45) is 9.20. The van der Waals surface area contributed by atoms with Crippen LogP contribution in [0.5, 0.6) is 17.2 Å². The summed E-state index contributed by atoms with van der Waals surface area (Å²) in [6, 6.07) is 29.9. The second-order valence-electron chi connectivity index (χ2n) is 16.2. The van der Waals surface area contributed by atoms with Crippen molar-refractivity contribution in [2.75, 3.05) is 56.8 Å². The molecule has 2 amide bonds. The summed E-state index contributed by atoms with van der Waals surface area (Å²) < 4.78 is 26.3. The number of halogens is 1. The number of carbonyl (C=O) groups is 2. The summed E-state index contributed by atoms with van der Waals surface area (Å²) in [7, 11) is 0. The molecule has 1 saturated carbocycles. The third-order valence-corrected chi connectivity index (χ3v) is 12.3. The van der Waals surface area contributed by atoms with Crippen LogP contribution in [-0.2, 0) is 23.8 Å². The van der Waals surface area contributed by atoms with Crippen LogP contribution >= 0.6 is 15.9 Å². The molecule has 0 radical (unpaired) electrons. The molecule has 14 nitrogen and oxygen atoms in total. The molecule has 0 unspecified atom stereocenters. The normalized spacial score (nSPS) is 16.8. The van der Waals surface area contributed by atoms with Gasteiger partial charge in [0.15, 0.2) is 5.65 Å². The van der Waals surface area contributed by atoms with Crippen molar-refractivity contribution in [3.63, 3.8) is 0 Å². The number of amides is 2. The fourth-order valence-corrected chi connectivity index (χ4v) is 9.01. The predicted molar refractivity (Wildman–Crippen MR) is 254 cm³/mol. The van der Waals surface area contributed by atoms with Gasteiger partial charge in [0.25, 0.3) is 5.91 Å². The number of benzene rings is 4. The van der Waals surface area contributed by atoms with E-state index in [-0.39, 0.29) is 17.7 Å². The first-order valence-corrected chi connectivity index (χ1v) is 23.0. The number of aromatic nitrogens is 4. The van der Waals surface area contributed by atoms with Gasteiger partial charge >= 0.3 is 0 Å². The lowest BCUT2D eigenvalue weighted by Crippen LogP contribution is -2.32. The van der Waals surface area contributed by atoms with Gasteiger partial charge in [0.05, 0.1) is 61.4 Å². The monoisotopic (exact) mass is 943 g/mol. The summed E-state index contributed by atoms with van der Waals surface area (Å²) in [5.74, 6) is 1.89. The number of phenolic OH excluding ortho intramolecular Hbond substituents is 1. The Morgan fingerprint density at radius 1 is 0.831 bits per heavy atom. The van der Waals surface area contributed by atoms with Crippen molar-refractivity contribution in [1.29, 1.82) is 0 Å². The van der Waals surface area contributed by atoms with Crippen LogP contribution < -0.4 is 20.7 Å². The summed E-state index contributed by atoms with van der Waals surface area (Å²) in [5, 5.41) is 19.5. The maximum atomic E-state index is 13.6. The molecule has 8 rings (SSSR count). The standard InChI is InChI=1S/C50H54BrN7O7/c1-33(59)57-43-22-17-37(51)31-42(43)44(50(57)61)46(36-9-7-10-39(60)30-36)53-23-25-63-27-29-64-28-26-62-24-6-5-8-34-13-18-38(19-14-34)58-49-45(48(52)54-32-55-49)47(56-58)35-15-20-41(21-16-35)65-40-11-3-2-4-12-40/h2-4,7,9-12,15-17,20-22,30-32,34,38,53,60H,5-6,8,13-14,18-19,23-29H2,1H3,(H2,52,54,55)/b46-44-. The first-order chi connectivity index (χ1) is 31.7. The molecular weight excluding hydrogens is 890 g/mol. The molecule has 1 aliphatic heterocycles. The van der Waals surface area contributed by atoms with E-state index in [4.69, 9.17) is 29.8 Å². The fourth-order valence-electron chi connectivity index (χ4n) is 8.65. The Balaban J connectivity index is 0.713. The highest BCUT2D eigenvalue weighted by atomic mass is 79.9. The number of unbranched alkanes of at least 4 members (excludes halogenated alkanes) is 1. The first kappa shape index (κ1) is 45.4. The maximum Gasteiger partial charge on any atom is 0.267 e. The molecule has 4 aromatic carbocycles. The number of nitrogens with one attached hydrogen (secondary N) is 1. The smallest absolute Gasteiger partial charge is 0.267 e. The van der Waals surface area contributed by atoms with Crippen LogP contribution in [0.4, 0.5) is 11.5 Å². The number of nitrogens with two attached hydrogens (primary N) is 1. The number of hydrogen-bond acceptors (Lipinski definition) is 12. The second kappa shape index (κ2) is 21.7. The lowest BCUT2D eigenvalue weighted by atomic mass is 9.83. The number of nitrogens with zero attached hydrogens (tertiary/aromatic N) is 5. The van der Waals surface area contributed by atoms with Gasteiger partial charge < -0.3 is 35.1 Å². The van der Waals surface area contributed by atoms with Crippen LogP contribution in [0.15, 0.2) is 108 Å². The predicted octanol–water partition coefficient (Wildman–Crippen LogP) is 9.34. The Hall–Kier alpha value is -6.13. The largest absolute Gasteiger partial charge is 0.508 e. The number of carbonyl (C=O) groups excluding carboxylic acids is 2. The summed E-state index contributed by atoms with van der Waals surface area (Å²) in [5.41, 5.74) is 11.5. The molecule has 0 bridgehead atoms. The number of hydrogen-bond donors (Lipinski definition) is 3. The summed E-state index contributed by atoms with van der Waals surface area (Å²) >= 11 is 3.50. The SMILES string of the molecule is CC(=O)N1C(=O)/C(=C(\NCCOCCOCCOCCCCC2CCC(n3nc(-c4ccc(Oc5ccccc5)cc4)c4c(N)ncnc43)CC2)c2cccc(O)c2)c2cc(Br)ccc21. The zero-order valence-electron chi connectivity index (χ0n) is 36.5. The minimum Gasteiger partial charge on any atom is -0.508 e. The van der Waals surface area contributed by atoms with Crippen molar-refractivity contribution in [1.82, 2.24) is 25.1 Å². The number of phenols is 1. The van der Waals surface area contributed by atoms with Crippen molar-refractivity contribution in [3.8, 4) is 28.5 Å². The van der Waals surface area contributed by atoms with E-state index in [0.29, 0.717) is 86.0 Å². The fraction of sp³-hybridized carbons (Fsp3) is 0.340. The van der Waals surface area contributed by atoms with Gasteiger partial charge in [0, 0.05) is 41.2 Å². The van der Waals surface area contributed by atoms with Gasteiger partial charge in [-0.25, -0.2) is 19.5 Å². The lowest BCUT2D eigenvalue weighted by molar-refractivity contribution is -0.122. The van der Waals surface area contributed by atoms with E-state index in [2.05, 4.69) is 35.9 Å². The molecule has 4 N–H and O–H groups in total. The van der Waals surface area contributed by atoms with Crippen LogP contribution in [0.25, 0.3) is 33.6 Å². The average molecular weight is 945 g/mol. The lowest BCUT2D eigenvalue weighted by Gasteiger charge is -2.29. The molecule has 0 spiro atoms. The molecule has 2 aliphatic rings. The summed E-state index contributed by atoms with van der Waals surface area (Å²) in [4.78, 5) is 36.3. The first-order valence-electron chi connectivity index (χ1n) is 22.2. The Bertz CT molecular complexity index is 2610. The topological polar surface area (TPSA) is 176 Å². The van der Waals surface area contributed by atoms with Crippen LogP contribution in [-0.4, -0.2) is 82.9 Å². The van der Waals surface area contributed by atoms with E-state index in [9.17, 15) is 14.7 Å². The average Bonchev–Trinajstić information content (AvgIpc) is 3.84. The van der Waals surface area contributed by atoms with Crippen LogP contribution in [0.2, 0.25) is 0 Å². The quantitative estimate of drug-likeness (QED) is 0.0489. The Kier molecular flexibility index (Phi) is 15.2. The van der Waals surface area contributed by atoms with E-state index in [1.807, 2.05) is 60.7 Å². The number of rotatable bonds is 20. The second-order valence-corrected chi connectivity index (χ2v) is 17.2. The van der Waals surface area contributed by atoms with Gasteiger partial charge in [-0.1, -0.05) is 59.1 Å². The Morgan fingerprint density at radius 2 is 1.55 bits per heavy atom. The van der Waals surface area contributed by atoms with E-state index in [1.54, 1.807) is 36.4 Å². The molecule has 6 aromatic rings. The third kappa shape index (κ3) is 11.0. The van der Waals surface area contributed by atoms with Gasteiger partial charge in [0.1, 0.15) is 35.1 Å². The molecule has 15 heteroatoms. The van der Waals surface area contributed by atoms with Gasteiger partial charge in [0.2, 0.25) is 5.91 Å². The zero-order valence-corrected chi connectivity index (χ0v) is 38.0. The molecule has 0 saturated heterocycles. The highest BCUT2D eigenvalue weighted by Gasteiger charge is 2.38. The number of anilines is 2. The number of aromatic hydroxyl groups is 1. The van der Waals surface area contributed by atoms with Gasteiger partial charge in [-0.3, -0.25) is 9.59 Å². The van der Waals surface area contributed by atoms with Gasteiger partial charge in [-0.15, -0.1) is 0 Å². The summed E-state index contributed by atoms with van der Waals surface area (Å²) in [6.45, 7) is 4.62. The molecule has 2 aromatic heterocycles. The highest BCUT2D eigenvalue weighted by molar-refractivity contribution is 9.10. The number of ether oxygens (including phenoxy) is 4. The van der Waals surface area contributed by atoms with E-state index < -0.39 is 5.91 Å². The molecular formula is C50H54BrN7O7. The molecule has 338 valence electrons. The van der Waals surface area contributed by atoms with Gasteiger partial charge in [-0.2, -0.15) is 5.10 Å². The number of nitrogen functional groups attached to an aromatic ring is 1. The Labute approximate surface area is 386 Å². The van der Waals surface area contributed by atoms with E-state index in [0.717, 1.165) is 76.8 Å². The van der Waals surface area contributed by atoms with E-state index >= 15 is 0 Å².